The van der Waals surface area contributed by atoms with Crippen molar-refractivity contribution in [1.82, 2.24) is 14.8 Å². The van der Waals surface area contributed by atoms with E-state index in [1.807, 2.05) is 0 Å². The second-order valence-electron chi connectivity index (χ2n) is 7.18. The van der Waals surface area contributed by atoms with Crippen LogP contribution in [0.2, 0.25) is 0 Å². The number of aromatic nitrogens is 3. The molecule has 0 atom stereocenters. The van der Waals surface area contributed by atoms with Crippen LogP contribution in [0.4, 0.5) is 8.78 Å². The zero-order chi connectivity index (χ0) is 22.9. The summed E-state index contributed by atoms with van der Waals surface area (Å²) in [5.74, 6) is 0.0642. The Balaban J connectivity index is 1.56. The first kappa shape index (κ1) is 20.9. The summed E-state index contributed by atoms with van der Waals surface area (Å²) in [6.45, 7) is 0. The Morgan fingerprint density at radius 2 is 1.61 bits per heavy atom. The second-order valence-corrected chi connectivity index (χ2v) is 8.13. The molecule has 0 spiro atoms. The van der Waals surface area contributed by atoms with Gasteiger partial charge in [0.05, 0.1) is 0 Å². The van der Waals surface area contributed by atoms with Crippen LogP contribution in [0.25, 0.3) is 28.0 Å². The summed E-state index contributed by atoms with van der Waals surface area (Å²) < 4.78 is 33.9. The molecule has 0 aliphatic heterocycles. The first-order valence-electron chi connectivity index (χ1n) is 9.84. The zero-order valence-corrected chi connectivity index (χ0v) is 17.7. The van der Waals surface area contributed by atoms with Crippen molar-refractivity contribution in [3.8, 4) is 22.8 Å². The van der Waals surface area contributed by atoms with Crippen molar-refractivity contribution in [1.29, 1.82) is 0 Å². The summed E-state index contributed by atoms with van der Waals surface area (Å²) in [6.07, 6.45) is 0. The Bertz CT molecular complexity index is 1510. The van der Waals surface area contributed by atoms with E-state index in [-0.39, 0.29) is 23.0 Å². The molecule has 5 aromatic rings. The minimum atomic E-state index is -0.532. The molecule has 0 unspecified atom stereocenters. The fourth-order valence-corrected chi connectivity index (χ4v) is 4.40. The van der Waals surface area contributed by atoms with Crippen molar-refractivity contribution in [3.63, 3.8) is 0 Å². The highest BCUT2D eigenvalue weighted by molar-refractivity contribution is 7.98. The van der Waals surface area contributed by atoms with Gasteiger partial charge in [0, 0.05) is 34.5 Å². The van der Waals surface area contributed by atoms with E-state index in [2.05, 4.69) is 10.2 Å². The number of phenols is 1. The van der Waals surface area contributed by atoms with Gasteiger partial charge in [-0.3, -0.25) is 4.57 Å². The average Bonchev–Trinajstić information content (AvgIpc) is 3.22. The lowest BCUT2D eigenvalue weighted by molar-refractivity contribution is 0.473. The van der Waals surface area contributed by atoms with Gasteiger partial charge in [-0.05, 0) is 66.2 Å². The van der Waals surface area contributed by atoms with Gasteiger partial charge in [0.15, 0.2) is 11.0 Å². The van der Waals surface area contributed by atoms with Gasteiger partial charge < -0.3 is 9.52 Å². The maximum atomic E-state index is 13.5. The predicted octanol–water partition coefficient (Wildman–Crippen LogP) is 5.32. The number of aromatic hydroxyl groups is 1. The van der Waals surface area contributed by atoms with Gasteiger partial charge in [-0.25, -0.2) is 13.6 Å². The maximum Gasteiger partial charge on any atom is 0.336 e. The normalized spacial score (nSPS) is 11.2. The molecule has 5 rings (SSSR count). The van der Waals surface area contributed by atoms with Crippen LogP contribution < -0.4 is 5.63 Å². The number of phenolic OH excluding ortho intramolecular Hbond substituents is 1. The molecule has 0 aliphatic carbocycles. The van der Waals surface area contributed by atoms with Gasteiger partial charge >= 0.3 is 5.63 Å². The number of rotatable bonds is 5. The third-order valence-electron chi connectivity index (χ3n) is 4.99. The summed E-state index contributed by atoms with van der Waals surface area (Å²) in [5, 5.41) is 19.5. The molecular weight excluding hydrogens is 448 g/mol. The van der Waals surface area contributed by atoms with Crippen LogP contribution in [0, 0.1) is 11.6 Å². The number of benzene rings is 3. The van der Waals surface area contributed by atoms with E-state index in [0.29, 0.717) is 38.9 Å². The molecule has 0 fully saturated rings. The first-order valence-corrected chi connectivity index (χ1v) is 10.8. The smallest absolute Gasteiger partial charge is 0.336 e. The van der Waals surface area contributed by atoms with Crippen molar-refractivity contribution in [3.05, 3.63) is 100 Å². The average molecular weight is 463 g/mol. The molecular formula is C24H15F2N3O3S. The van der Waals surface area contributed by atoms with E-state index < -0.39 is 5.63 Å². The highest BCUT2D eigenvalue weighted by Gasteiger charge is 2.17. The number of fused-ring (bicyclic) bond motifs is 1. The molecule has 33 heavy (non-hydrogen) atoms. The van der Waals surface area contributed by atoms with Crippen LogP contribution in [-0.2, 0) is 5.75 Å². The Labute approximate surface area is 190 Å². The Kier molecular flexibility index (Phi) is 5.39. The standard InChI is InChI=1S/C24H15F2N3O3S/c25-16-3-1-14(2-4-16)23-27-28-24(29(23)18-7-5-17(26)6-8-18)33-13-15-11-22(31)32-21-12-19(30)9-10-20(15)21/h1-12,30H,13H2. The van der Waals surface area contributed by atoms with Gasteiger partial charge in [-0.2, -0.15) is 0 Å². The molecule has 0 saturated carbocycles. The highest BCUT2D eigenvalue weighted by Crippen LogP contribution is 2.32. The lowest BCUT2D eigenvalue weighted by Crippen LogP contribution is -2.02. The Hall–Kier alpha value is -3.98. The lowest BCUT2D eigenvalue weighted by atomic mass is 10.1. The van der Waals surface area contributed by atoms with Crippen LogP contribution in [0.15, 0.2) is 87.2 Å². The molecule has 2 aromatic heterocycles. The van der Waals surface area contributed by atoms with Gasteiger partial charge in [-0.15, -0.1) is 10.2 Å². The Morgan fingerprint density at radius 1 is 0.909 bits per heavy atom. The number of hydrogen-bond donors (Lipinski definition) is 1. The second kappa shape index (κ2) is 8.51. The van der Waals surface area contributed by atoms with Crippen LogP contribution in [-0.4, -0.2) is 19.9 Å². The first-order chi connectivity index (χ1) is 16.0. The number of hydrogen-bond acceptors (Lipinski definition) is 6. The topological polar surface area (TPSA) is 81.2 Å². The van der Waals surface area contributed by atoms with Crippen molar-refractivity contribution >= 4 is 22.7 Å². The van der Waals surface area contributed by atoms with E-state index in [1.165, 1.54) is 54.2 Å². The van der Waals surface area contributed by atoms with E-state index >= 15 is 0 Å². The molecule has 0 bridgehead atoms. The van der Waals surface area contributed by atoms with Crippen LogP contribution in [0.1, 0.15) is 5.56 Å². The van der Waals surface area contributed by atoms with E-state index in [0.717, 1.165) is 0 Å². The molecule has 3 aromatic carbocycles. The quantitative estimate of drug-likeness (QED) is 0.281. The number of halogens is 2. The monoisotopic (exact) mass is 463 g/mol. The van der Waals surface area contributed by atoms with E-state index in [9.17, 15) is 18.7 Å². The summed E-state index contributed by atoms with van der Waals surface area (Å²) in [6, 6.07) is 17.7. The summed E-state index contributed by atoms with van der Waals surface area (Å²) in [4.78, 5) is 12.0. The molecule has 2 heterocycles. The van der Waals surface area contributed by atoms with Gasteiger partial charge in [0.25, 0.3) is 0 Å². The third-order valence-corrected chi connectivity index (χ3v) is 5.97. The summed E-state index contributed by atoms with van der Waals surface area (Å²) in [7, 11) is 0. The highest BCUT2D eigenvalue weighted by atomic mass is 32.2. The molecule has 9 heteroatoms. The van der Waals surface area contributed by atoms with Crippen LogP contribution in [0.5, 0.6) is 5.75 Å². The van der Waals surface area contributed by atoms with Crippen molar-refractivity contribution in [2.75, 3.05) is 0 Å². The van der Waals surface area contributed by atoms with Gasteiger partial charge in [-0.1, -0.05) is 11.8 Å². The van der Waals surface area contributed by atoms with Gasteiger partial charge in [0.2, 0.25) is 0 Å². The summed E-state index contributed by atoms with van der Waals surface area (Å²) >= 11 is 1.32. The lowest BCUT2D eigenvalue weighted by Gasteiger charge is -2.11. The number of nitrogens with zero attached hydrogens (tertiary/aromatic N) is 3. The van der Waals surface area contributed by atoms with E-state index in [1.54, 1.807) is 34.9 Å². The molecule has 164 valence electrons. The minimum Gasteiger partial charge on any atom is -0.508 e. The molecule has 1 N–H and O–H groups in total. The molecule has 0 radical (unpaired) electrons. The molecule has 6 nitrogen and oxygen atoms in total. The summed E-state index contributed by atoms with van der Waals surface area (Å²) in [5.41, 5.74) is 1.72. The van der Waals surface area contributed by atoms with Crippen LogP contribution >= 0.6 is 11.8 Å². The molecule has 0 amide bonds. The fourth-order valence-electron chi connectivity index (χ4n) is 3.45. The van der Waals surface area contributed by atoms with Crippen molar-refractivity contribution < 1.29 is 18.3 Å². The fraction of sp³-hybridized carbons (Fsp3) is 0.0417. The van der Waals surface area contributed by atoms with E-state index in [4.69, 9.17) is 4.42 Å². The maximum absolute atomic E-state index is 13.5. The zero-order valence-electron chi connectivity index (χ0n) is 16.9. The predicted molar refractivity (Wildman–Crippen MR) is 120 cm³/mol. The van der Waals surface area contributed by atoms with Crippen molar-refractivity contribution in [2.24, 2.45) is 0 Å². The Morgan fingerprint density at radius 3 is 2.33 bits per heavy atom. The van der Waals surface area contributed by atoms with Gasteiger partial charge in [0.1, 0.15) is 23.0 Å². The SMILES string of the molecule is O=c1cc(CSc2nnc(-c3ccc(F)cc3)n2-c2ccc(F)cc2)c2ccc(O)cc2o1. The largest absolute Gasteiger partial charge is 0.508 e. The third kappa shape index (κ3) is 4.22. The molecule has 0 saturated heterocycles. The molecule has 0 aliphatic rings. The van der Waals surface area contributed by atoms with Crippen molar-refractivity contribution in [2.45, 2.75) is 10.9 Å². The number of thioether (sulfide) groups is 1. The van der Waals surface area contributed by atoms with Crippen LogP contribution in [0.3, 0.4) is 0 Å². The minimum absolute atomic E-state index is 0.00422.